The average Bonchev–Trinajstić information content (AvgIpc) is 2.31. The Morgan fingerprint density at radius 3 is 2.40 bits per heavy atom. The van der Waals surface area contributed by atoms with Crippen LogP contribution in [0.3, 0.4) is 0 Å². The number of hydrogen-bond donors (Lipinski definition) is 0. The van der Waals surface area contributed by atoms with Crippen LogP contribution >= 0.6 is 0 Å². The van der Waals surface area contributed by atoms with Crippen LogP contribution in [0.15, 0.2) is 54.7 Å². The molecule has 1 atom stereocenters. The van der Waals surface area contributed by atoms with Crippen LogP contribution in [-0.4, -0.2) is 4.98 Å². The first-order valence-electron chi connectivity index (χ1n) is 5.31. The Morgan fingerprint density at radius 2 is 1.73 bits per heavy atom. The Bertz CT molecular complexity index is 394. The molecule has 0 saturated heterocycles. The van der Waals surface area contributed by atoms with Gasteiger partial charge in [0, 0.05) is 17.8 Å². The van der Waals surface area contributed by atoms with Crippen LogP contribution in [0.5, 0.6) is 0 Å². The molecule has 1 heteroatoms. The van der Waals surface area contributed by atoms with Gasteiger partial charge in [0.2, 0.25) is 0 Å². The third kappa shape index (κ3) is 2.66. The maximum atomic E-state index is 4.37. The minimum atomic E-state index is 0.480. The van der Waals surface area contributed by atoms with Crippen LogP contribution in [0, 0.1) is 0 Å². The number of benzene rings is 1. The molecule has 0 N–H and O–H groups in total. The van der Waals surface area contributed by atoms with E-state index in [1.807, 2.05) is 18.3 Å². The molecule has 76 valence electrons. The zero-order valence-corrected chi connectivity index (χ0v) is 8.93. The highest BCUT2D eigenvalue weighted by Gasteiger charge is 2.06. The van der Waals surface area contributed by atoms with Crippen molar-refractivity contribution in [3.05, 3.63) is 66.0 Å². The summed E-state index contributed by atoms with van der Waals surface area (Å²) in [7, 11) is 0. The second-order valence-corrected chi connectivity index (χ2v) is 3.85. The SMILES string of the molecule is CC(Cc1ccccc1)c1ccccn1. The van der Waals surface area contributed by atoms with Gasteiger partial charge in [-0.2, -0.15) is 0 Å². The molecule has 15 heavy (non-hydrogen) atoms. The van der Waals surface area contributed by atoms with E-state index in [1.54, 1.807) is 0 Å². The van der Waals surface area contributed by atoms with Gasteiger partial charge in [-0.1, -0.05) is 43.3 Å². The molecule has 0 bridgehead atoms. The van der Waals surface area contributed by atoms with Crippen LogP contribution in [0.2, 0.25) is 0 Å². The van der Waals surface area contributed by atoms with Crippen LogP contribution < -0.4 is 0 Å². The minimum Gasteiger partial charge on any atom is -0.261 e. The first kappa shape index (κ1) is 9.91. The molecule has 2 rings (SSSR count). The van der Waals surface area contributed by atoms with E-state index < -0.39 is 0 Å². The van der Waals surface area contributed by atoms with E-state index in [2.05, 4.69) is 48.3 Å². The van der Waals surface area contributed by atoms with Crippen molar-refractivity contribution in [2.75, 3.05) is 0 Å². The molecular weight excluding hydrogens is 182 g/mol. The Kier molecular flexibility index (Phi) is 3.13. The van der Waals surface area contributed by atoms with E-state index in [4.69, 9.17) is 0 Å². The number of aromatic nitrogens is 1. The summed E-state index contributed by atoms with van der Waals surface area (Å²) in [4.78, 5) is 4.37. The molecule has 0 radical (unpaired) electrons. The zero-order valence-electron chi connectivity index (χ0n) is 8.93. The summed E-state index contributed by atoms with van der Waals surface area (Å²) in [6, 6.07) is 16.6. The third-order valence-electron chi connectivity index (χ3n) is 2.58. The number of pyridine rings is 1. The fourth-order valence-corrected chi connectivity index (χ4v) is 1.74. The topological polar surface area (TPSA) is 12.9 Å². The number of nitrogens with zero attached hydrogens (tertiary/aromatic N) is 1. The molecule has 2 aromatic rings. The zero-order chi connectivity index (χ0) is 10.5. The average molecular weight is 197 g/mol. The maximum absolute atomic E-state index is 4.37. The lowest BCUT2D eigenvalue weighted by Crippen LogP contribution is -2.00. The Labute approximate surface area is 90.8 Å². The van der Waals surface area contributed by atoms with Crippen LogP contribution in [0.1, 0.15) is 24.1 Å². The molecule has 0 aliphatic rings. The summed E-state index contributed by atoms with van der Waals surface area (Å²) >= 11 is 0. The van der Waals surface area contributed by atoms with E-state index in [0.29, 0.717) is 5.92 Å². The van der Waals surface area contributed by atoms with Gasteiger partial charge >= 0.3 is 0 Å². The van der Waals surface area contributed by atoms with Gasteiger partial charge < -0.3 is 0 Å². The van der Waals surface area contributed by atoms with Crippen LogP contribution in [0.25, 0.3) is 0 Å². The van der Waals surface area contributed by atoms with Gasteiger partial charge in [-0.05, 0) is 24.1 Å². The quantitative estimate of drug-likeness (QED) is 0.734. The summed E-state index contributed by atoms with van der Waals surface area (Å²) in [6.07, 6.45) is 2.91. The van der Waals surface area contributed by atoms with Crippen molar-refractivity contribution < 1.29 is 0 Å². The highest BCUT2D eigenvalue weighted by atomic mass is 14.7. The fraction of sp³-hybridized carbons (Fsp3) is 0.214. The Hall–Kier alpha value is -1.63. The molecule has 1 nitrogen and oxygen atoms in total. The number of rotatable bonds is 3. The first-order chi connectivity index (χ1) is 7.36. The van der Waals surface area contributed by atoms with Crippen molar-refractivity contribution in [3.63, 3.8) is 0 Å². The summed E-state index contributed by atoms with van der Waals surface area (Å²) in [5, 5.41) is 0. The fourth-order valence-electron chi connectivity index (χ4n) is 1.74. The second-order valence-electron chi connectivity index (χ2n) is 3.85. The molecule has 0 aliphatic heterocycles. The van der Waals surface area contributed by atoms with E-state index in [1.165, 1.54) is 11.3 Å². The Morgan fingerprint density at radius 1 is 1.00 bits per heavy atom. The lowest BCUT2D eigenvalue weighted by Gasteiger charge is -2.10. The van der Waals surface area contributed by atoms with Crippen molar-refractivity contribution >= 4 is 0 Å². The summed E-state index contributed by atoms with van der Waals surface area (Å²) in [6.45, 7) is 2.22. The van der Waals surface area contributed by atoms with Crippen molar-refractivity contribution in [1.29, 1.82) is 0 Å². The molecule has 0 amide bonds. The van der Waals surface area contributed by atoms with Crippen LogP contribution in [-0.2, 0) is 6.42 Å². The van der Waals surface area contributed by atoms with Gasteiger partial charge in [-0.25, -0.2) is 0 Å². The molecule has 1 aromatic carbocycles. The van der Waals surface area contributed by atoms with Crippen LogP contribution in [0.4, 0.5) is 0 Å². The monoisotopic (exact) mass is 197 g/mol. The van der Waals surface area contributed by atoms with Gasteiger partial charge in [-0.15, -0.1) is 0 Å². The lowest BCUT2D eigenvalue weighted by atomic mass is 9.98. The minimum absolute atomic E-state index is 0.480. The highest BCUT2D eigenvalue weighted by Crippen LogP contribution is 2.17. The molecule has 0 aliphatic carbocycles. The van der Waals surface area contributed by atoms with E-state index in [-0.39, 0.29) is 0 Å². The van der Waals surface area contributed by atoms with E-state index >= 15 is 0 Å². The molecular formula is C14H15N. The van der Waals surface area contributed by atoms with Gasteiger partial charge in [0.1, 0.15) is 0 Å². The first-order valence-corrected chi connectivity index (χ1v) is 5.31. The summed E-state index contributed by atoms with van der Waals surface area (Å²) in [5.41, 5.74) is 2.54. The summed E-state index contributed by atoms with van der Waals surface area (Å²) in [5.74, 6) is 0.480. The lowest BCUT2D eigenvalue weighted by molar-refractivity contribution is 0.731. The predicted octanol–water partition coefficient (Wildman–Crippen LogP) is 3.43. The molecule has 0 spiro atoms. The van der Waals surface area contributed by atoms with Gasteiger partial charge in [-0.3, -0.25) is 4.98 Å². The maximum Gasteiger partial charge on any atom is 0.0435 e. The Balaban J connectivity index is 2.08. The van der Waals surface area contributed by atoms with E-state index in [0.717, 1.165) is 6.42 Å². The van der Waals surface area contributed by atoms with Gasteiger partial charge in [0.05, 0.1) is 0 Å². The molecule has 1 heterocycles. The third-order valence-corrected chi connectivity index (χ3v) is 2.58. The molecule has 0 saturated carbocycles. The molecule has 1 aromatic heterocycles. The predicted molar refractivity (Wildman–Crippen MR) is 62.8 cm³/mol. The smallest absolute Gasteiger partial charge is 0.0435 e. The molecule has 0 fully saturated rings. The standard InChI is InChI=1S/C14H15N/c1-12(14-9-5-6-10-15-14)11-13-7-3-2-4-8-13/h2-10,12H,11H2,1H3. The second kappa shape index (κ2) is 4.74. The normalized spacial score (nSPS) is 12.3. The van der Waals surface area contributed by atoms with Crippen molar-refractivity contribution in [2.24, 2.45) is 0 Å². The number of hydrogen-bond acceptors (Lipinski definition) is 1. The van der Waals surface area contributed by atoms with Gasteiger partial charge in [0.15, 0.2) is 0 Å². The van der Waals surface area contributed by atoms with Crippen molar-refractivity contribution in [2.45, 2.75) is 19.3 Å². The summed E-state index contributed by atoms with van der Waals surface area (Å²) < 4.78 is 0. The van der Waals surface area contributed by atoms with E-state index in [9.17, 15) is 0 Å². The highest BCUT2D eigenvalue weighted by molar-refractivity contribution is 5.19. The van der Waals surface area contributed by atoms with Crippen molar-refractivity contribution in [1.82, 2.24) is 4.98 Å². The largest absolute Gasteiger partial charge is 0.261 e. The molecule has 1 unspecified atom stereocenters. The van der Waals surface area contributed by atoms with Gasteiger partial charge in [0.25, 0.3) is 0 Å². The van der Waals surface area contributed by atoms with Crippen molar-refractivity contribution in [3.8, 4) is 0 Å².